The summed E-state index contributed by atoms with van der Waals surface area (Å²) in [4.78, 5) is 9.60. The summed E-state index contributed by atoms with van der Waals surface area (Å²) < 4.78 is 0. The molecule has 0 saturated carbocycles. The summed E-state index contributed by atoms with van der Waals surface area (Å²) in [6.45, 7) is 15.5. The predicted molar refractivity (Wildman–Crippen MR) is 79.9 cm³/mol. The first-order chi connectivity index (χ1) is 7.09. The summed E-state index contributed by atoms with van der Waals surface area (Å²) >= 11 is 0. The average Bonchev–Trinajstić information content (AvgIpc) is 2.30. The van der Waals surface area contributed by atoms with Gasteiger partial charge >= 0.3 is 27.7 Å². The first kappa shape index (κ1) is 26.9. The average molecular weight is 299 g/mol. The van der Waals surface area contributed by atoms with E-state index in [0.717, 1.165) is 0 Å². The van der Waals surface area contributed by atoms with Crippen LogP contribution in [0.5, 0.6) is 0 Å². The molecule has 3 heteroatoms. The molecule has 0 aromatic carbocycles. The van der Waals surface area contributed by atoms with Gasteiger partial charge in [-0.25, -0.2) is 10.4 Å². The minimum atomic E-state index is -0.935. The van der Waals surface area contributed by atoms with Crippen LogP contribution < -0.4 is 0 Å². The molecular formula is C16H27O2Ti. The normalized spacial score (nSPS) is 14.7. The van der Waals surface area contributed by atoms with Gasteiger partial charge in [0.2, 0.25) is 0 Å². The van der Waals surface area contributed by atoms with Crippen LogP contribution in [-0.2, 0) is 26.5 Å². The summed E-state index contributed by atoms with van der Waals surface area (Å²) in [6.07, 6.45) is 3.44. The molecule has 0 atom stereocenters. The zero-order chi connectivity index (χ0) is 13.1. The van der Waals surface area contributed by atoms with E-state index in [0.29, 0.717) is 0 Å². The van der Waals surface area contributed by atoms with Crippen LogP contribution in [0.1, 0.15) is 41.5 Å². The monoisotopic (exact) mass is 299 g/mol. The molecule has 1 N–H and O–H groups in total. The number of allylic oxidation sites excluding steroid dienone is 4. The number of carboxylic acids is 1. The van der Waals surface area contributed by atoms with E-state index in [-0.39, 0.29) is 47.6 Å². The van der Waals surface area contributed by atoms with Gasteiger partial charge in [-0.05, 0) is 6.92 Å². The maximum atomic E-state index is 9.60. The molecule has 0 bridgehead atoms. The molecular weight excluding hydrogens is 272 g/mol. The Kier molecular flexibility index (Phi) is 14.5. The number of hydrogen-bond acceptors (Lipinski definition) is 1. The summed E-state index contributed by atoms with van der Waals surface area (Å²) in [5.41, 5.74) is 4.57. The molecule has 19 heavy (non-hydrogen) atoms. The number of hydrogen-bond donors (Lipinski definition) is 1. The van der Waals surface area contributed by atoms with Gasteiger partial charge < -0.3 is 20.0 Å². The topological polar surface area (TPSA) is 37.3 Å². The van der Waals surface area contributed by atoms with Crippen LogP contribution in [0.15, 0.2) is 28.9 Å². The van der Waals surface area contributed by atoms with E-state index < -0.39 is 5.97 Å². The van der Waals surface area contributed by atoms with Crippen LogP contribution in [0, 0.1) is 26.3 Å². The summed E-state index contributed by atoms with van der Waals surface area (Å²) in [5.74, 6) is -0.935. The quantitative estimate of drug-likeness (QED) is 0.434. The third-order valence-corrected chi connectivity index (χ3v) is 2.93. The van der Waals surface area contributed by atoms with Crippen LogP contribution in [0.3, 0.4) is 0 Å². The SMILES string of the molecule is C=C(C)C(=O)O.CC1=[C-]C(C)(C)C(C)=C1C.[CH3-].[CH3-].[Ti+3]. The van der Waals surface area contributed by atoms with Crippen molar-refractivity contribution in [3.8, 4) is 0 Å². The van der Waals surface area contributed by atoms with Crippen molar-refractivity contribution in [1.29, 1.82) is 0 Å². The van der Waals surface area contributed by atoms with Crippen LogP contribution in [-0.4, -0.2) is 11.1 Å². The third-order valence-electron chi connectivity index (χ3n) is 2.93. The van der Waals surface area contributed by atoms with E-state index >= 15 is 0 Å². The van der Waals surface area contributed by atoms with Crippen molar-refractivity contribution in [3.05, 3.63) is 49.8 Å². The Labute approximate surface area is 134 Å². The zero-order valence-electron chi connectivity index (χ0n) is 13.6. The van der Waals surface area contributed by atoms with Gasteiger partial charge in [0, 0.05) is 5.57 Å². The van der Waals surface area contributed by atoms with Crippen molar-refractivity contribution in [2.75, 3.05) is 0 Å². The van der Waals surface area contributed by atoms with Gasteiger partial charge in [0.1, 0.15) is 0 Å². The number of rotatable bonds is 1. The number of carboxylic acid groups (broad SMARTS) is 1. The number of carbonyl (C=O) groups is 1. The Morgan fingerprint density at radius 1 is 1.21 bits per heavy atom. The van der Waals surface area contributed by atoms with Gasteiger partial charge in [-0.1, -0.05) is 39.7 Å². The minimum absolute atomic E-state index is 0. The molecule has 0 saturated heterocycles. The Morgan fingerprint density at radius 2 is 1.53 bits per heavy atom. The second-order valence-corrected chi connectivity index (χ2v) is 4.71. The summed E-state index contributed by atoms with van der Waals surface area (Å²) in [6, 6.07) is 0. The van der Waals surface area contributed by atoms with Crippen molar-refractivity contribution in [3.63, 3.8) is 0 Å². The van der Waals surface area contributed by atoms with Crippen LogP contribution >= 0.6 is 0 Å². The fourth-order valence-electron chi connectivity index (χ4n) is 1.41. The van der Waals surface area contributed by atoms with Crippen molar-refractivity contribution < 1.29 is 31.6 Å². The molecule has 107 valence electrons. The second kappa shape index (κ2) is 10.2. The first-order valence-corrected chi connectivity index (χ1v) is 5.28. The first-order valence-electron chi connectivity index (χ1n) is 5.28. The van der Waals surface area contributed by atoms with E-state index in [9.17, 15) is 4.79 Å². The van der Waals surface area contributed by atoms with Gasteiger partial charge in [0.15, 0.2) is 0 Å². The van der Waals surface area contributed by atoms with Gasteiger partial charge in [-0.15, -0.1) is 6.92 Å². The van der Waals surface area contributed by atoms with Crippen LogP contribution in [0.25, 0.3) is 0 Å². The predicted octanol–water partition coefficient (Wildman–Crippen LogP) is 4.66. The Morgan fingerprint density at radius 3 is 1.58 bits per heavy atom. The minimum Gasteiger partial charge on any atom is -0.478 e. The summed E-state index contributed by atoms with van der Waals surface area (Å²) in [7, 11) is 0. The molecule has 1 rings (SSSR count). The maximum absolute atomic E-state index is 9.60. The molecule has 0 spiro atoms. The fraction of sp³-hybridized carbons (Fsp3) is 0.438. The molecule has 0 unspecified atom stereocenters. The molecule has 2 nitrogen and oxygen atoms in total. The van der Waals surface area contributed by atoms with Crippen molar-refractivity contribution in [1.82, 2.24) is 0 Å². The third kappa shape index (κ3) is 8.23. The van der Waals surface area contributed by atoms with Crippen LogP contribution in [0.2, 0.25) is 0 Å². The van der Waals surface area contributed by atoms with Crippen molar-refractivity contribution in [2.45, 2.75) is 41.5 Å². The van der Waals surface area contributed by atoms with E-state index in [2.05, 4.69) is 47.3 Å². The molecule has 0 aliphatic heterocycles. The standard InChI is InChI=1S/C10H15.C4H6O2.2CH3.Ti/c1-7-6-10(4,5)9(3)8(7)2;1-3(2)4(5)6;;;/h1-5H3;1H2,2H3,(H,5,6);2*1H3;/q-1;;2*-1;+3. The maximum Gasteiger partial charge on any atom is 3.00 e. The van der Waals surface area contributed by atoms with Crippen LogP contribution in [0.4, 0.5) is 0 Å². The second-order valence-electron chi connectivity index (χ2n) is 4.71. The number of aliphatic carboxylic acids is 1. The molecule has 0 amide bonds. The molecule has 0 fully saturated rings. The fourth-order valence-corrected chi connectivity index (χ4v) is 1.41. The van der Waals surface area contributed by atoms with E-state index in [1.165, 1.54) is 23.6 Å². The molecule has 0 aromatic heterocycles. The van der Waals surface area contributed by atoms with Crippen molar-refractivity contribution >= 4 is 5.97 Å². The smallest absolute Gasteiger partial charge is 0.478 e. The molecule has 0 aromatic rings. The Hall–Kier alpha value is -0.596. The van der Waals surface area contributed by atoms with Gasteiger partial charge in [0.25, 0.3) is 0 Å². The molecule has 1 aliphatic rings. The van der Waals surface area contributed by atoms with E-state index in [1.54, 1.807) is 0 Å². The zero-order valence-corrected chi connectivity index (χ0v) is 15.1. The van der Waals surface area contributed by atoms with Gasteiger partial charge in [0.05, 0.1) is 0 Å². The van der Waals surface area contributed by atoms with E-state index in [1.807, 2.05) is 0 Å². The Balaban J connectivity index is -0.000000112. The summed E-state index contributed by atoms with van der Waals surface area (Å²) in [5, 5.41) is 7.89. The van der Waals surface area contributed by atoms with Crippen molar-refractivity contribution in [2.24, 2.45) is 5.41 Å². The molecule has 1 aliphatic carbocycles. The van der Waals surface area contributed by atoms with Gasteiger partial charge in [-0.2, -0.15) is 11.1 Å². The molecule has 0 heterocycles. The molecule has 1 radical (unpaired) electrons. The largest absolute Gasteiger partial charge is 3.00 e. The van der Waals surface area contributed by atoms with Gasteiger partial charge in [-0.3, -0.25) is 6.08 Å². The van der Waals surface area contributed by atoms with E-state index in [4.69, 9.17) is 5.11 Å². The Bertz CT molecular complexity index is 362.